The minimum absolute atomic E-state index is 0.320. The van der Waals surface area contributed by atoms with Gasteiger partial charge in [0.25, 0.3) is 0 Å². The zero-order valence-electron chi connectivity index (χ0n) is 6.73. The van der Waals surface area contributed by atoms with Crippen LogP contribution in [0.5, 0.6) is 0 Å². The molecule has 10 heavy (non-hydrogen) atoms. The highest BCUT2D eigenvalue weighted by molar-refractivity contribution is 4.99. The first kappa shape index (κ1) is 6.66. The zero-order valence-corrected chi connectivity index (χ0v) is 6.73. The van der Waals surface area contributed by atoms with Crippen molar-refractivity contribution in [1.82, 2.24) is 0 Å². The monoisotopic (exact) mass is 140 g/mol. The highest BCUT2D eigenvalue weighted by atomic mass is 16.6. The van der Waals surface area contributed by atoms with Gasteiger partial charge in [-0.1, -0.05) is 25.7 Å². The van der Waals surface area contributed by atoms with Crippen molar-refractivity contribution in [1.29, 1.82) is 0 Å². The summed E-state index contributed by atoms with van der Waals surface area (Å²) in [5, 5.41) is 0. The lowest BCUT2D eigenvalue weighted by molar-refractivity contribution is 0.293. The van der Waals surface area contributed by atoms with E-state index in [-0.39, 0.29) is 0 Å². The third-order valence-corrected chi connectivity index (χ3v) is 2.92. The van der Waals surface area contributed by atoms with Gasteiger partial charge in [0.2, 0.25) is 0 Å². The molecule has 0 bridgehead atoms. The summed E-state index contributed by atoms with van der Waals surface area (Å²) in [6.07, 6.45) is 8.87. The second-order valence-corrected chi connectivity index (χ2v) is 3.87. The lowest BCUT2D eigenvalue weighted by Crippen LogP contribution is -2.11. The second-order valence-electron chi connectivity index (χ2n) is 3.87. The van der Waals surface area contributed by atoms with E-state index in [0.717, 1.165) is 0 Å². The minimum atomic E-state index is 0.320. The van der Waals surface area contributed by atoms with Crippen LogP contribution in [0.15, 0.2) is 0 Å². The topological polar surface area (TPSA) is 12.5 Å². The van der Waals surface area contributed by atoms with Crippen LogP contribution in [0.25, 0.3) is 0 Å². The summed E-state index contributed by atoms with van der Waals surface area (Å²) in [6.45, 7) is 2.27. The summed E-state index contributed by atoms with van der Waals surface area (Å²) in [4.78, 5) is 0. The summed E-state index contributed by atoms with van der Waals surface area (Å²) in [5.41, 5.74) is 0.320. The molecule has 0 amide bonds. The Kier molecular flexibility index (Phi) is 1.48. The Hall–Kier alpha value is -0.0400. The molecule has 0 aromatic carbocycles. The fraction of sp³-hybridized carbons (Fsp3) is 1.00. The van der Waals surface area contributed by atoms with Gasteiger partial charge in [0.15, 0.2) is 0 Å². The molecular weight excluding hydrogens is 124 g/mol. The van der Waals surface area contributed by atoms with E-state index in [0.29, 0.717) is 11.7 Å². The fourth-order valence-electron chi connectivity index (χ4n) is 2.03. The standard InChI is InChI=1S/C9H16O/c1-9-7-5-3-2-4-6-8(9)10-9/h8H,2-7H2,1H3/t8-,9-/m1/s1. The van der Waals surface area contributed by atoms with Gasteiger partial charge < -0.3 is 4.74 Å². The molecule has 0 radical (unpaired) electrons. The van der Waals surface area contributed by atoms with Crippen LogP contribution >= 0.6 is 0 Å². The summed E-state index contributed by atoms with van der Waals surface area (Å²) >= 11 is 0. The average Bonchev–Trinajstić information content (AvgIpc) is 2.44. The number of rotatable bonds is 0. The highest BCUT2D eigenvalue weighted by Crippen LogP contribution is 2.44. The third kappa shape index (κ3) is 1.07. The molecule has 2 rings (SSSR count). The molecule has 2 atom stereocenters. The molecule has 1 saturated heterocycles. The molecule has 1 heteroatoms. The van der Waals surface area contributed by atoms with Crippen molar-refractivity contribution in [3.8, 4) is 0 Å². The third-order valence-electron chi connectivity index (χ3n) is 2.92. The van der Waals surface area contributed by atoms with Crippen LogP contribution in [0.1, 0.15) is 45.4 Å². The van der Waals surface area contributed by atoms with Crippen molar-refractivity contribution in [2.75, 3.05) is 0 Å². The van der Waals surface area contributed by atoms with Crippen LogP contribution in [-0.4, -0.2) is 11.7 Å². The molecule has 0 unspecified atom stereocenters. The fourth-order valence-corrected chi connectivity index (χ4v) is 2.03. The van der Waals surface area contributed by atoms with E-state index in [9.17, 15) is 0 Å². The Morgan fingerprint density at radius 2 is 2.00 bits per heavy atom. The van der Waals surface area contributed by atoms with Crippen molar-refractivity contribution in [3.63, 3.8) is 0 Å². The van der Waals surface area contributed by atoms with E-state index >= 15 is 0 Å². The van der Waals surface area contributed by atoms with E-state index in [1.54, 1.807) is 0 Å². The number of hydrogen-bond donors (Lipinski definition) is 0. The van der Waals surface area contributed by atoms with E-state index in [1.165, 1.54) is 38.5 Å². The summed E-state index contributed by atoms with van der Waals surface area (Å²) in [7, 11) is 0. The first-order valence-corrected chi connectivity index (χ1v) is 4.49. The van der Waals surface area contributed by atoms with Gasteiger partial charge in [-0.05, 0) is 19.8 Å². The maximum Gasteiger partial charge on any atom is 0.0920 e. The summed E-state index contributed by atoms with van der Waals surface area (Å²) in [6, 6.07) is 0. The van der Waals surface area contributed by atoms with Gasteiger partial charge in [-0.15, -0.1) is 0 Å². The molecule has 1 aliphatic carbocycles. The minimum Gasteiger partial charge on any atom is -0.366 e. The predicted octanol–water partition coefficient (Wildman–Crippen LogP) is 2.50. The molecule has 58 valence electrons. The van der Waals surface area contributed by atoms with E-state index < -0.39 is 0 Å². The van der Waals surface area contributed by atoms with Gasteiger partial charge in [0.1, 0.15) is 0 Å². The van der Waals surface area contributed by atoms with Crippen molar-refractivity contribution >= 4 is 0 Å². The first-order chi connectivity index (χ1) is 4.81. The maximum absolute atomic E-state index is 5.63. The Morgan fingerprint density at radius 3 is 2.90 bits per heavy atom. The molecule has 1 saturated carbocycles. The quantitative estimate of drug-likeness (QED) is 0.471. The molecular formula is C9H16O. The Labute approximate surface area is 62.8 Å². The lowest BCUT2D eigenvalue weighted by atomic mass is 9.93. The molecule has 0 aromatic rings. The van der Waals surface area contributed by atoms with Gasteiger partial charge >= 0.3 is 0 Å². The van der Waals surface area contributed by atoms with Crippen molar-refractivity contribution in [3.05, 3.63) is 0 Å². The summed E-state index contributed by atoms with van der Waals surface area (Å²) < 4.78 is 5.63. The van der Waals surface area contributed by atoms with E-state index in [4.69, 9.17) is 4.74 Å². The lowest BCUT2D eigenvalue weighted by Gasteiger charge is -2.09. The van der Waals surface area contributed by atoms with Crippen LogP contribution in [0, 0.1) is 0 Å². The van der Waals surface area contributed by atoms with Gasteiger partial charge in [-0.3, -0.25) is 0 Å². The van der Waals surface area contributed by atoms with Crippen molar-refractivity contribution < 1.29 is 4.74 Å². The number of fused-ring (bicyclic) bond motifs is 1. The van der Waals surface area contributed by atoms with Crippen molar-refractivity contribution in [2.45, 2.75) is 57.2 Å². The van der Waals surface area contributed by atoms with Gasteiger partial charge in [0.05, 0.1) is 11.7 Å². The Balaban J connectivity index is 1.91. The molecule has 1 aliphatic heterocycles. The van der Waals surface area contributed by atoms with Crippen LogP contribution in [0.3, 0.4) is 0 Å². The van der Waals surface area contributed by atoms with Gasteiger partial charge in [-0.25, -0.2) is 0 Å². The van der Waals surface area contributed by atoms with Gasteiger partial charge in [-0.2, -0.15) is 0 Å². The number of epoxide rings is 1. The van der Waals surface area contributed by atoms with Gasteiger partial charge in [0, 0.05) is 0 Å². The van der Waals surface area contributed by atoms with Crippen LogP contribution in [0.2, 0.25) is 0 Å². The molecule has 0 spiro atoms. The Bertz CT molecular complexity index is 133. The number of ether oxygens (including phenoxy) is 1. The molecule has 2 fully saturated rings. The van der Waals surface area contributed by atoms with E-state index in [1.807, 2.05) is 0 Å². The molecule has 1 nitrogen and oxygen atoms in total. The normalized spacial score (nSPS) is 47.1. The van der Waals surface area contributed by atoms with E-state index in [2.05, 4.69) is 6.92 Å². The van der Waals surface area contributed by atoms with Crippen LogP contribution < -0.4 is 0 Å². The SMILES string of the molecule is C[C@@]12CCCCCC[C@H]1O2. The number of hydrogen-bond acceptors (Lipinski definition) is 1. The van der Waals surface area contributed by atoms with Crippen molar-refractivity contribution in [2.24, 2.45) is 0 Å². The molecule has 0 aromatic heterocycles. The molecule has 2 aliphatic rings. The summed E-state index contributed by atoms with van der Waals surface area (Å²) in [5.74, 6) is 0. The first-order valence-electron chi connectivity index (χ1n) is 4.49. The van der Waals surface area contributed by atoms with Crippen LogP contribution in [0.4, 0.5) is 0 Å². The highest BCUT2D eigenvalue weighted by Gasteiger charge is 2.50. The second kappa shape index (κ2) is 2.23. The smallest absolute Gasteiger partial charge is 0.0920 e. The molecule has 0 N–H and O–H groups in total. The maximum atomic E-state index is 5.63. The predicted molar refractivity (Wildman–Crippen MR) is 41.0 cm³/mol. The van der Waals surface area contributed by atoms with Crippen LogP contribution in [-0.2, 0) is 4.74 Å². The Morgan fingerprint density at radius 1 is 1.20 bits per heavy atom. The zero-order chi connectivity index (χ0) is 7.03. The largest absolute Gasteiger partial charge is 0.366 e. The molecule has 1 heterocycles. The average molecular weight is 140 g/mol.